The molecule has 3 aromatic rings. The van der Waals surface area contributed by atoms with E-state index in [1.807, 2.05) is 37.4 Å². The predicted octanol–water partition coefficient (Wildman–Crippen LogP) is 4.78. The Bertz CT molecular complexity index is 1180. The number of nitrogens with one attached hydrogen (secondary N) is 1. The molecule has 1 fully saturated rings. The number of piperazine rings is 1. The van der Waals surface area contributed by atoms with Gasteiger partial charge in [0.15, 0.2) is 0 Å². The minimum atomic E-state index is -3.70. The van der Waals surface area contributed by atoms with Crippen molar-refractivity contribution in [2.24, 2.45) is 0 Å². The third-order valence-electron chi connectivity index (χ3n) is 5.60. The summed E-state index contributed by atoms with van der Waals surface area (Å²) < 4.78 is 28.8. The molecule has 164 valence electrons. The maximum atomic E-state index is 13.6. The molecule has 1 N–H and O–H groups in total. The van der Waals surface area contributed by atoms with Crippen LogP contribution < -0.4 is 5.32 Å². The molecule has 0 aliphatic carbocycles. The Balaban J connectivity index is 0.00000272. The number of halogens is 2. The van der Waals surface area contributed by atoms with Gasteiger partial charge in [0.05, 0.1) is 10.9 Å². The zero-order valence-corrected chi connectivity index (χ0v) is 19.8. The van der Waals surface area contributed by atoms with E-state index in [1.165, 1.54) is 0 Å². The number of hydrogen-bond acceptors (Lipinski definition) is 4. The van der Waals surface area contributed by atoms with Gasteiger partial charge in [0.25, 0.3) is 0 Å². The van der Waals surface area contributed by atoms with Crippen LogP contribution in [0.3, 0.4) is 0 Å². The average molecular weight is 478 g/mol. The van der Waals surface area contributed by atoms with Gasteiger partial charge in [0.1, 0.15) is 0 Å². The number of nitrogens with zero attached hydrogens (tertiary/aromatic N) is 2. The van der Waals surface area contributed by atoms with Crippen LogP contribution in [-0.4, -0.2) is 37.3 Å². The van der Waals surface area contributed by atoms with Gasteiger partial charge in [-0.3, -0.25) is 4.98 Å². The maximum absolute atomic E-state index is 13.6. The molecule has 1 aliphatic rings. The summed E-state index contributed by atoms with van der Waals surface area (Å²) in [6, 6.07) is 14.8. The molecule has 0 spiro atoms. The van der Waals surface area contributed by atoms with Crippen LogP contribution in [0.4, 0.5) is 0 Å². The van der Waals surface area contributed by atoms with Gasteiger partial charge in [-0.1, -0.05) is 35.9 Å². The van der Waals surface area contributed by atoms with Crippen molar-refractivity contribution in [1.29, 1.82) is 0 Å². The van der Waals surface area contributed by atoms with Gasteiger partial charge in [0, 0.05) is 37.1 Å². The Morgan fingerprint density at radius 2 is 1.90 bits per heavy atom. The predicted molar refractivity (Wildman–Crippen MR) is 127 cm³/mol. The first kappa shape index (κ1) is 23.7. The molecule has 1 aromatic heterocycles. The molecule has 0 bridgehead atoms. The van der Waals surface area contributed by atoms with Gasteiger partial charge >= 0.3 is 0 Å². The second kappa shape index (κ2) is 9.67. The van der Waals surface area contributed by atoms with Crippen molar-refractivity contribution in [2.45, 2.75) is 24.8 Å². The van der Waals surface area contributed by atoms with E-state index in [2.05, 4.69) is 16.4 Å². The van der Waals surface area contributed by atoms with Crippen LogP contribution in [-0.2, 0) is 10.0 Å². The lowest BCUT2D eigenvalue weighted by Crippen LogP contribution is -2.48. The van der Waals surface area contributed by atoms with Gasteiger partial charge in [0.2, 0.25) is 10.0 Å². The van der Waals surface area contributed by atoms with Crippen LogP contribution in [0.1, 0.15) is 22.7 Å². The van der Waals surface area contributed by atoms with E-state index >= 15 is 0 Å². The van der Waals surface area contributed by atoms with Crippen molar-refractivity contribution in [3.05, 3.63) is 82.6 Å². The summed E-state index contributed by atoms with van der Waals surface area (Å²) in [4.78, 5) is 4.43. The van der Waals surface area contributed by atoms with Gasteiger partial charge in [-0.2, -0.15) is 4.31 Å². The minimum Gasteiger partial charge on any atom is -0.313 e. The number of pyridine rings is 1. The van der Waals surface area contributed by atoms with E-state index in [0.717, 1.165) is 22.3 Å². The lowest BCUT2D eigenvalue weighted by atomic mass is 9.97. The molecule has 0 amide bonds. The molecular formula is C23H25Cl2N3O2S. The highest BCUT2D eigenvalue weighted by molar-refractivity contribution is 7.89. The normalized spacial score (nSPS) is 17.2. The highest BCUT2D eigenvalue weighted by Gasteiger charge is 2.35. The molecule has 8 heteroatoms. The van der Waals surface area contributed by atoms with Crippen molar-refractivity contribution < 1.29 is 8.42 Å². The van der Waals surface area contributed by atoms with Crippen LogP contribution in [0.2, 0.25) is 5.02 Å². The van der Waals surface area contributed by atoms with E-state index in [-0.39, 0.29) is 23.3 Å². The first-order chi connectivity index (χ1) is 14.4. The van der Waals surface area contributed by atoms with Crippen molar-refractivity contribution in [1.82, 2.24) is 14.6 Å². The summed E-state index contributed by atoms with van der Waals surface area (Å²) >= 11 is 6.22. The van der Waals surface area contributed by atoms with E-state index < -0.39 is 10.0 Å². The second-order valence-electron chi connectivity index (χ2n) is 7.51. The molecule has 1 unspecified atom stereocenters. The van der Waals surface area contributed by atoms with E-state index in [4.69, 9.17) is 11.6 Å². The largest absolute Gasteiger partial charge is 0.313 e. The SMILES string of the molecule is Cc1cnccc1-c1cccc(C2CNCCN2S(=O)(=O)c2cccc(Cl)c2C)c1.Cl. The van der Waals surface area contributed by atoms with E-state index in [9.17, 15) is 8.42 Å². The molecular weight excluding hydrogens is 453 g/mol. The van der Waals surface area contributed by atoms with Crippen LogP contribution in [0, 0.1) is 13.8 Å². The number of rotatable bonds is 4. The summed E-state index contributed by atoms with van der Waals surface area (Å²) in [7, 11) is -3.70. The Labute approximate surface area is 194 Å². The quantitative estimate of drug-likeness (QED) is 0.587. The zero-order chi connectivity index (χ0) is 21.3. The van der Waals surface area contributed by atoms with Crippen LogP contribution in [0.25, 0.3) is 11.1 Å². The second-order valence-corrected chi connectivity index (χ2v) is 9.78. The summed E-state index contributed by atoms with van der Waals surface area (Å²) in [6.45, 7) is 5.34. The van der Waals surface area contributed by atoms with Crippen molar-refractivity contribution in [3.63, 3.8) is 0 Å². The van der Waals surface area contributed by atoms with Gasteiger partial charge < -0.3 is 5.32 Å². The van der Waals surface area contributed by atoms with Crippen LogP contribution in [0.5, 0.6) is 0 Å². The Hall–Kier alpha value is -1.96. The average Bonchev–Trinajstić information content (AvgIpc) is 2.76. The number of hydrogen-bond donors (Lipinski definition) is 1. The Morgan fingerprint density at radius 1 is 1.13 bits per heavy atom. The highest BCUT2D eigenvalue weighted by Crippen LogP contribution is 2.34. The summed E-state index contributed by atoms with van der Waals surface area (Å²) in [6.07, 6.45) is 3.61. The molecule has 2 aromatic carbocycles. The monoisotopic (exact) mass is 477 g/mol. The van der Waals surface area contributed by atoms with Crippen molar-refractivity contribution >= 4 is 34.0 Å². The summed E-state index contributed by atoms with van der Waals surface area (Å²) in [5.74, 6) is 0. The number of aromatic nitrogens is 1. The number of aryl methyl sites for hydroxylation is 1. The molecule has 0 saturated carbocycles. The zero-order valence-electron chi connectivity index (χ0n) is 17.4. The van der Waals surface area contributed by atoms with Crippen molar-refractivity contribution in [2.75, 3.05) is 19.6 Å². The minimum absolute atomic E-state index is 0. The first-order valence-electron chi connectivity index (χ1n) is 9.88. The molecule has 1 aliphatic heterocycles. The van der Waals surface area contributed by atoms with Gasteiger partial charge in [-0.25, -0.2) is 8.42 Å². The molecule has 1 saturated heterocycles. The molecule has 31 heavy (non-hydrogen) atoms. The van der Waals surface area contributed by atoms with Crippen LogP contribution in [0.15, 0.2) is 65.8 Å². The van der Waals surface area contributed by atoms with Crippen LogP contribution >= 0.6 is 24.0 Å². The van der Waals surface area contributed by atoms with Crippen molar-refractivity contribution in [3.8, 4) is 11.1 Å². The number of sulfonamides is 1. The molecule has 4 rings (SSSR count). The summed E-state index contributed by atoms with van der Waals surface area (Å²) in [5.41, 5.74) is 4.76. The molecule has 0 radical (unpaired) electrons. The highest BCUT2D eigenvalue weighted by atomic mass is 35.5. The molecule has 5 nitrogen and oxygen atoms in total. The van der Waals surface area contributed by atoms with E-state index in [0.29, 0.717) is 30.2 Å². The fraction of sp³-hybridized carbons (Fsp3) is 0.261. The summed E-state index contributed by atoms with van der Waals surface area (Å²) in [5, 5.41) is 3.80. The molecule has 1 atom stereocenters. The number of benzene rings is 2. The third-order valence-corrected chi connectivity index (χ3v) is 8.06. The first-order valence-corrected chi connectivity index (χ1v) is 11.7. The third kappa shape index (κ3) is 4.64. The standard InChI is InChI=1S/C23H24ClN3O2S.ClH/c1-16-14-25-10-9-20(16)18-5-3-6-19(13-18)22-15-26-11-12-27(22)30(28,29)23-8-4-7-21(24)17(23)2;/h3-10,13-14,22,26H,11-12,15H2,1-2H3;1H. The Morgan fingerprint density at radius 3 is 2.68 bits per heavy atom. The van der Waals surface area contributed by atoms with E-state index in [1.54, 1.807) is 35.6 Å². The van der Waals surface area contributed by atoms with Gasteiger partial charge in [-0.15, -0.1) is 12.4 Å². The fourth-order valence-electron chi connectivity index (χ4n) is 3.96. The Kier molecular flexibility index (Phi) is 7.39. The van der Waals surface area contributed by atoms with Gasteiger partial charge in [-0.05, 0) is 65.9 Å². The lowest BCUT2D eigenvalue weighted by Gasteiger charge is -2.36. The smallest absolute Gasteiger partial charge is 0.244 e. The molecule has 2 heterocycles. The maximum Gasteiger partial charge on any atom is 0.244 e. The lowest BCUT2D eigenvalue weighted by molar-refractivity contribution is 0.271. The fourth-order valence-corrected chi connectivity index (χ4v) is 6.06. The topological polar surface area (TPSA) is 62.3 Å².